The summed E-state index contributed by atoms with van der Waals surface area (Å²) < 4.78 is 39.6. The summed E-state index contributed by atoms with van der Waals surface area (Å²) in [4.78, 5) is 11.6. The van der Waals surface area contributed by atoms with Crippen LogP contribution < -0.4 is 20.7 Å². The summed E-state index contributed by atoms with van der Waals surface area (Å²) in [6.45, 7) is 2.35. The molecule has 2 aromatic rings. The number of carbonyl (C=O) groups is 1. The Morgan fingerprint density at radius 1 is 1.10 bits per heavy atom. The molecule has 0 bridgehead atoms. The lowest BCUT2D eigenvalue weighted by atomic mass is 10.3. The van der Waals surface area contributed by atoms with Gasteiger partial charge in [-0.3, -0.25) is 0 Å². The van der Waals surface area contributed by atoms with Crippen LogP contribution in [0.25, 0.3) is 0 Å². The number of halogens is 2. The summed E-state index contributed by atoms with van der Waals surface area (Å²) in [5.41, 5.74) is 1.01. The summed E-state index contributed by atoms with van der Waals surface area (Å²) >= 11 is 10.9. The second-order valence-electron chi connectivity index (χ2n) is 5.95. The Bertz CT molecular complexity index is 985. The van der Waals surface area contributed by atoms with Gasteiger partial charge in [-0.15, -0.1) is 0 Å². The molecule has 0 atom stereocenters. The zero-order valence-corrected chi connectivity index (χ0v) is 17.8. The van der Waals surface area contributed by atoms with Gasteiger partial charge in [0.1, 0.15) is 5.82 Å². The largest absolute Gasteiger partial charge is 0.337 e. The van der Waals surface area contributed by atoms with E-state index in [-0.39, 0.29) is 15.0 Å². The van der Waals surface area contributed by atoms with Crippen LogP contribution in [0.3, 0.4) is 0 Å². The van der Waals surface area contributed by atoms with Gasteiger partial charge in [0, 0.05) is 17.9 Å². The molecule has 0 aromatic heterocycles. The number of hydrogen-bond acceptors (Lipinski definition) is 4. The first-order valence-corrected chi connectivity index (χ1v) is 10.9. The molecular weight excluding hydrogens is 439 g/mol. The molecule has 0 fully saturated rings. The van der Waals surface area contributed by atoms with Crippen LogP contribution in [0.2, 0.25) is 5.02 Å². The van der Waals surface area contributed by atoms with E-state index in [2.05, 4.69) is 16.0 Å². The van der Waals surface area contributed by atoms with Gasteiger partial charge in [0.05, 0.1) is 9.92 Å². The number of rotatable bonds is 7. The molecule has 11 heteroatoms. The Hall–Kier alpha value is -2.43. The highest BCUT2D eigenvalue weighted by Gasteiger charge is 2.17. The number of anilines is 2. The van der Waals surface area contributed by atoms with Crippen LogP contribution in [-0.4, -0.2) is 26.1 Å². The van der Waals surface area contributed by atoms with Crippen LogP contribution in [0.15, 0.2) is 47.4 Å². The van der Waals surface area contributed by atoms with Crippen molar-refractivity contribution in [2.24, 2.45) is 0 Å². The zero-order chi connectivity index (χ0) is 21.4. The fraction of sp³-hybridized carbons (Fsp3) is 0.222. The van der Waals surface area contributed by atoms with Gasteiger partial charge in [-0.25, -0.2) is 22.3 Å². The van der Waals surface area contributed by atoms with Crippen molar-refractivity contribution in [1.82, 2.24) is 10.0 Å². The number of thiocarbonyl (C=S) groups is 1. The number of hydrogen-bond donors (Lipinski definition) is 4. The van der Waals surface area contributed by atoms with Crippen molar-refractivity contribution in [3.05, 3.63) is 53.3 Å². The molecule has 0 spiro atoms. The standard InChI is InChI=1S/C18H20ClFN4O3S2/c1-2-3-10-21-17(25)24-29(26,27)14-7-4-12(5-8-14)22-18(28)23-13-6-9-16(20)15(19)11-13/h4-9,11H,2-3,10H2,1H3,(H2,21,24,25)(H2,22,23,28). The van der Waals surface area contributed by atoms with Crippen LogP contribution >= 0.6 is 23.8 Å². The average Bonchev–Trinajstić information content (AvgIpc) is 2.65. The van der Waals surface area contributed by atoms with Gasteiger partial charge in [-0.05, 0) is 61.1 Å². The molecule has 0 saturated heterocycles. The van der Waals surface area contributed by atoms with E-state index in [0.717, 1.165) is 12.8 Å². The summed E-state index contributed by atoms with van der Waals surface area (Å²) in [5, 5.41) is 8.35. The Kier molecular flexibility index (Phi) is 8.18. The minimum atomic E-state index is -3.99. The van der Waals surface area contributed by atoms with Crippen molar-refractivity contribution in [3.63, 3.8) is 0 Å². The Balaban J connectivity index is 1.95. The summed E-state index contributed by atoms with van der Waals surface area (Å²) in [6, 6.07) is 8.95. The van der Waals surface area contributed by atoms with Gasteiger partial charge in [0.2, 0.25) is 0 Å². The summed E-state index contributed by atoms with van der Waals surface area (Å²) in [7, 11) is -3.99. The first-order chi connectivity index (χ1) is 13.7. The highest BCUT2D eigenvalue weighted by Crippen LogP contribution is 2.20. The third-order valence-corrected chi connectivity index (χ3v) is 5.48. The minimum absolute atomic E-state index is 0.0430. The summed E-state index contributed by atoms with van der Waals surface area (Å²) in [5.74, 6) is -0.541. The maximum atomic E-state index is 13.2. The Morgan fingerprint density at radius 2 is 1.72 bits per heavy atom. The van der Waals surface area contributed by atoms with Gasteiger partial charge >= 0.3 is 6.03 Å². The van der Waals surface area contributed by atoms with Crippen LogP contribution in [-0.2, 0) is 10.0 Å². The molecule has 7 nitrogen and oxygen atoms in total. The highest BCUT2D eigenvalue weighted by atomic mass is 35.5. The molecule has 0 aliphatic heterocycles. The third-order valence-electron chi connectivity index (χ3n) is 3.64. The molecule has 2 amide bonds. The molecule has 0 unspecified atom stereocenters. The predicted octanol–water partition coefficient (Wildman–Crippen LogP) is 4.08. The molecule has 0 radical (unpaired) electrons. The lowest BCUT2D eigenvalue weighted by Gasteiger charge is -2.12. The van der Waals surface area contributed by atoms with E-state index in [1.165, 1.54) is 42.5 Å². The predicted molar refractivity (Wildman–Crippen MR) is 116 cm³/mol. The SMILES string of the molecule is CCCCNC(=O)NS(=O)(=O)c1ccc(NC(=S)Nc2ccc(F)c(Cl)c2)cc1. The molecular formula is C18H20ClFN4O3S2. The quantitative estimate of drug-likeness (QED) is 0.368. The van der Waals surface area contributed by atoms with Crippen LogP contribution in [0, 0.1) is 5.82 Å². The number of urea groups is 1. The van der Waals surface area contributed by atoms with Crippen molar-refractivity contribution in [2.75, 3.05) is 17.2 Å². The van der Waals surface area contributed by atoms with Crippen LogP contribution in [0.1, 0.15) is 19.8 Å². The molecule has 0 aliphatic carbocycles. The van der Waals surface area contributed by atoms with E-state index >= 15 is 0 Å². The van der Waals surface area contributed by atoms with Crippen LogP contribution in [0.5, 0.6) is 0 Å². The highest BCUT2D eigenvalue weighted by molar-refractivity contribution is 7.90. The number of sulfonamides is 1. The van der Waals surface area contributed by atoms with E-state index in [9.17, 15) is 17.6 Å². The summed E-state index contributed by atoms with van der Waals surface area (Å²) in [6.07, 6.45) is 1.64. The number of amides is 2. The number of carbonyl (C=O) groups excluding carboxylic acids is 1. The van der Waals surface area contributed by atoms with Crippen molar-refractivity contribution in [2.45, 2.75) is 24.7 Å². The topological polar surface area (TPSA) is 99.3 Å². The number of nitrogens with one attached hydrogen (secondary N) is 4. The molecule has 0 saturated carbocycles. The van der Waals surface area contributed by atoms with E-state index in [4.69, 9.17) is 23.8 Å². The minimum Gasteiger partial charge on any atom is -0.337 e. The number of benzene rings is 2. The fourth-order valence-electron chi connectivity index (χ4n) is 2.18. The smallest absolute Gasteiger partial charge is 0.328 e. The molecule has 4 N–H and O–H groups in total. The van der Waals surface area contributed by atoms with E-state index in [1.54, 1.807) is 0 Å². The van der Waals surface area contributed by atoms with E-state index in [1.807, 2.05) is 11.6 Å². The normalized spacial score (nSPS) is 10.9. The second kappa shape index (κ2) is 10.4. The lowest BCUT2D eigenvalue weighted by molar-refractivity contribution is 0.245. The first kappa shape index (κ1) is 22.9. The van der Waals surface area contributed by atoms with Crippen molar-refractivity contribution in [1.29, 1.82) is 0 Å². The Morgan fingerprint density at radius 3 is 2.34 bits per heavy atom. The maximum Gasteiger partial charge on any atom is 0.328 e. The monoisotopic (exact) mass is 458 g/mol. The van der Waals surface area contributed by atoms with Gasteiger partial charge in [-0.2, -0.15) is 0 Å². The third kappa shape index (κ3) is 7.15. The molecule has 2 aromatic carbocycles. The van der Waals surface area contributed by atoms with Crippen molar-refractivity contribution < 1.29 is 17.6 Å². The fourth-order valence-corrected chi connectivity index (χ4v) is 3.53. The van der Waals surface area contributed by atoms with Gasteiger partial charge in [0.25, 0.3) is 10.0 Å². The van der Waals surface area contributed by atoms with Gasteiger partial charge in [0.15, 0.2) is 5.11 Å². The molecule has 156 valence electrons. The second-order valence-corrected chi connectivity index (χ2v) is 8.45. The lowest BCUT2D eigenvalue weighted by Crippen LogP contribution is -2.39. The van der Waals surface area contributed by atoms with Gasteiger partial charge < -0.3 is 16.0 Å². The van der Waals surface area contributed by atoms with Crippen LogP contribution in [0.4, 0.5) is 20.6 Å². The molecule has 0 aliphatic rings. The molecule has 0 heterocycles. The van der Waals surface area contributed by atoms with E-state index < -0.39 is 21.9 Å². The Labute approximate surface area is 179 Å². The average molecular weight is 459 g/mol. The first-order valence-electron chi connectivity index (χ1n) is 8.65. The molecule has 29 heavy (non-hydrogen) atoms. The van der Waals surface area contributed by atoms with Crippen molar-refractivity contribution >= 4 is 56.4 Å². The number of unbranched alkanes of at least 4 members (excludes halogenated alkanes) is 1. The maximum absolute atomic E-state index is 13.2. The van der Waals surface area contributed by atoms with Gasteiger partial charge in [-0.1, -0.05) is 24.9 Å². The van der Waals surface area contributed by atoms with E-state index in [0.29, 0.717) is 17.9 Å². The zero-order valence-electron chi connectivity index (χ0n) is 15.5. The van der Waals surface area contributed by atoms with Crippen molar-refractivity contribution in [3.8, 4) is 0 Å². The molecule has 2 rings (SSSR count).